The molecule has 3 nitrogen and oxygen atoms in total. The van der Waals surface area contributed by atoms with E-state index in [2.05, 4.69) is 18.7 Å². The Morgan fingerprint density at radius 1 is 1.32 bits per heavy atom. The highest BCUT2D eigenvalue weighted by atomic mass is 16.2. The largest absolute Gasteiger partial charge is 0.342 e. The summed E-state index contributed by atoms with van der Waals surface area (Å²) in [6.45, 7) is 6.32. The molecule has 2 N–H and O–H groups in total. The standard InChI is InChI=1S/C16H30N2O/c1-3-13-6-5-9-18(11-13)16(19)12(2)14-7-4-8-15(17)10-14/h12-15H,3-11,17H2,1-2H3. The van der Waals surface area contributed by atoms with Gasteiger partial charge in [0.25, 0.3) is 0 Å². The minimum Gasteiger partial charge on any atom is -0.342 e. The van der Waals surface area contributed by atoms with E-state index < -0.39 is 0 Å². The molecule has 0 bridgehead atoms. The first-order valence-corrected chi connectivity index (χ1v) is 8.16. The predicted octanol–water partition coefficient (Wildman–Crippen LogP) is 2.79. The van der Waals surface area contributed by atoms with Gasteiger partial charge in [0, 0.05) is 25.0 Å². The van der Waals surface area contributed by atoms with Crippen molar-refractivity contribution in [2.75, 3.05) is 13.1 Å². The molecule has 2 rings (SSSR count). The third-order valence-corrected chi connectivity index (χ3v) is 5.26. The van der Waals surface area contributed by atoms with Crippen molar-refractivity contribution in [3.63, 3.8) is 0 Å². The molecule has 1 saturated carbocycles. The van der Waals surface area contributed by atoms with Crippen molar-refractivity contribution >= 4 is 5.91 Å². The number of hydrogen-bond donors (Lipinski definition) is 1. The lowest BCUT2D eigenvalue weighted by Gasteiger charge is -2.37. The number of rotatable bonds is 3. The van der Waals surface area contributed by atoms with E-state index in [9.17, 15) is 4.79 Å². The van der Waals surface area contributed by atoms with Crippen LogP contribution in [0.15, 0.2) is 0 Å². The topological polar surface area (TPSA) is 46.3 Å². The average molecular weight is 266 g/mol. The van der Waals surface area contributed by atoms with Gasteiger partial charge in [0.2, 0.25) is 5.91 Å². The van der Waals surface area contributed by atoms with E-state index in [-0.39, 0.29) is 5.92 Å². The Kier molecular flexibility index (Phi) is 5.26. The summed E-state index contributed by atoms with van der Waals surface area (Å²) in [6.07, 6.45) is 8.24. The molecule has 19 heavy (non-hydrogen) atoms. The van der Waals surface area contributed by atoms with Crippen molar-refractivity contribution < 1.29 is 4.79 Å². The molecule has 1 amide bonds. The minimum absolute atomic E-state index is 0.168. The van der Waals surface area contributed by atoms with Crippen LogP contribution >= 0.6 is 0 Å². The highest BCUT2D eigenvalue weighted by Crippen LogP contribution is 2.31. The Hall–Kier alpha value is -0.570. The molecular weight excluding hydrogens is 236 g/mol. The summed E-state index contributed by atoms with van der Waals surface area (Å²) < 4.78 is 0. The molecule has 0 radical (unpaired) electrons. The zero-order valence-corrected chi connectivity index (χ0v) is 12.6. The number of amides is 1. The van der Waals surface area contributed by atoms with E-state index >= 15 is 0 Å². The molecule has 3 heteroatoms. The molecule has 1 saturated heterocycles. The summed E-state index contributed by atoms with van der Waals surface area (Å²) in [7, 11) is 0. The van der Waals surface area contributed by atoms with Crippen molar-refractivity contribution in [3.05, 3.63) is 0 Å². The Morgan fingerprint density at radius 3 is 2.79 bits per heavy atom. The molecule has 0 aromatic carbocycles. The molecule has 4 unspecified atom stereocenters. The van der Waals surface area contributed by atoms with Gasteiger partial charge in [-0.15, -0.1) is 0 Å². The maximum Gasteiger partial charge on any atom is 0.225 e. The molecule has 1 aliphatic heterocycles. The lowest BCUT2D eigenvalue weighted by molar-refractivity contribution is -0.139. The molecule has 2 fully saturated rings. The number of nitrogens with zero attached hydrogens (tertiary/aromatic N) is 1. The van der Waals surface area contributed by atoms with Gasteiger partial charge < -0.3 is 10.6 Å². The summed E-state index contributed by atoms with van der Waals surface area (Å²) >= 11 is 0. The van der Waals surface area contributed by atoms with Gasteiger partial charge >= 0.3 is 0 Å². The predicted molar refractivity (Wildman–Crippen MR) is 78.7 cm³/mol. The zero-order chi connectivity index (χ0) is 13.8. The number of carbonyl (C=O) groups is 1. The number of hydrogen-bond acceptors (Lipinski definition) is 2. The summed E-state index contributed by atoms with van der Waals surface area (Å²) in [5.74, 6) is 1.79. The quantitative estimate of drug-likeness (QED) is 0.854. The second-order valence-electron chi connectivity index (χ2n) is 6.68. The van der Waals surface area contributed by atoms with Crippen molar-refractivity contribution in [2.45, 2.75) is 64.8 Å². The van der Waals surface area contributed by atoms with E-state index in [0.717, 1.165) is 31.8 Å². The van der Waals surface area contributed by atoms with Crippen molar-refractivity contribution in [2.24, 2.45) is 23.5 Å². The maximum atomic E-state index is 12.7. The van der Waals surface area contributed by atoms with Gasteiger partial charge in [0.05, 0.1) is 0 Å². The number of likely N-dealkylation sites (tertiary alicyclic amines) is 1. The van der Waals surface area contributed by atoms with Crippen LogP contribution in [0.4, 0.5) is 0 Å². The van der Waals surface area contributed by atoms with Gasteiger partial charge in [-0.1, -0.05) is 26.7 Å². The van der Waals surface area contributed by atoms with Crippen LogP contribution in [-0.2, 0) is 4.79 Å². The molecular formula is C16H30N2O. The van der Waals surface area contributed by atoms with Crippen LogP contribution in [0.3, 0.4) is 0 Å². The lowest BCUT2D eigenvalue weighted by atomic mass is 9.78. The summed E-state index contributed by atoms with van der Waals surface area (Å²) in [4.78, 5) is 14.8. The molecule has 0 aromatic heterocycles. The van der Waals surface area contributed by atoms with Gasteiger partial charge in [-0.05, 0) is 43.9 Å². The normalized spacial score (nSPS) is 34.1. The van der Waals surface area contributed by atoms with Crippen LogP contribution in [0.25, 0.3) is 0 Å². The number of piperidine rings is 1. The van der Waals surface area contributed by atoms with E-state index in [4.69, 9.17) is 5.73 Å². The molecule has 2 aliphatic rings. The Balaban J connectivity index is 1.90. The third-order valence-electron chi connectivity index (χ3n) is 5.26. The number of nitrogens with two attached hydrogens (primary N) is 1. The smallest absolute Gasteiger partial charge is 0.225 e. The van der Waals surface area contributed by atoms with E-state index in [1.807, 2.05) is 0 Å². The van der Waals surface area contributed by atoms with Gasteiger partial charge in [0.1, 0.15) is 0 Å². The molecule has 110 valence electrons. The van der Waals surface area contributed by atoms with E-state index in [1.165, 1.54) is 32.1 Å². The second kappa shape index (κ2) is 6.74. The Labute approximate surface area is 117 Å². The van der Waals surface area contributed by atoms with Crippen molar-refractivity contribution in [3.8, 4) is 0 Å². The lowest BCUT2D eigenvalue weighted by Crippen LogP contribution is -2.45. The Morgan fingerprint density at radius 2 is 2.11 bits per heavy atom. The first-order chi connectivity index (χ1) is 9.11. The average Bonchev–Trinajstić information content (AvgIpc) is 2.45. The highest BCUT2D eigenvalue weighted by Gasteiger charge is 2.32. The third kappa shape index (κ3) is 3.71. The first-order valence-electron chi connectivity index (χ1n) is 8.16. The van der Waals surface area contributed by atoms with Crippen LogP contribution in [0.5, 0.6) is 0 Å². The van der Waals surface area contributed by atoms with Gasteiger partial charge in [-0.2, -0.15) is 0 Å². The first kappa shape index (κ1) is 14.8. The monoisotopic (exact) mass is 266 g/mol. The summed E-state index contributed by atoms with van der Waals surface area (Å²) in [5, 5.41) is 0. The fourth-order valence-electron chi connectivity index (χ4n) is 3.81. The van der Waals surface area contributed by atoms with Gasteiger partial charge in [-0.25, -0.2) is 0 Å². The maximum absolute atomic E-state index is 12.7. The SMILES string of the molecule is CCC1CCCN(C(=O)C(C)C2CCCC(N)C2)C1. The molecule has 1 heterocycles. The van der Waals surface area contributed by atoms with Crippen LogP contribution < -0.4 is 5.73 Å². The van der Waals surface area contributed by atoms with Crippen LogP contribution in [0, 0.1) is 17.8 Å². The summed E-state index contributed by atoms with van der Waals surface area (Å²) in [6, 6.07) is 0.318. The van der Waals surface area contributed by atoms with Crippen molar-refractivity contribution in [1.29, 1.82) is 0 Å². The van der Waals surface area contributed by atoms with Crippen LogP contribution in [-0.4, -0.2) is 29.9 Å². The van der Waals surface area contributed by atoms with Gasteiger partial charge in [0.15, 0.2) is 0 Å². The van der Waals surface area contributed by atoms with Crippen molar-refractivity contribution in [1.82, 2.24) is 4.90 Å². The van der Waals surface area contributed by atoms with Crippen LogP contribution in [0.1, 0.15) is 58.8 Å². The minimum atomic E-state index is 0.168. The molecule has 1 aliphatic carbocycles. The van der Waals surface area contributed by atoms with E-state index in [1.54, 1.807) is 0 Å². The number of carbonyl (C=O) groups excluding carboxylic acids is 1. The van der Waals surface area contributed by atoms with Gasteiger partial charge in [-0.3, -0.25) is 4.79 Å². The molecule has 4 atom stereocenters. The van der Waals surface area contributed by atoms with E-state index in [0.29, 0.717) is 17.9 Å². The molecule has 0 aromatic rings. The van der Waals surface area contributed by atoms with Crippen LogP contribution in [0.2, 0.25) is 0 Å². The zero-order valence-electron chi connectivity index (χ0n) is 12.6. The molecule has 0 spiro atoms. The second-order valence-corrected chi connectivity index (χ2v) is 6.68. The fourth-order valence-corrected chi connectivity index (χ4v) is 3.81. The highest BCUT2D eigenvalue weighted by molar-refractivity contribution is 5.79. The summed E-state index contributed by atoms with van der Waals surface area (Å²) in [5.41, 5.74) is 6.06. The fraction of sp³-hybridized carbons (Fsp3) is 0.938. The Bertz CT molecular complexity index is 305.